The van der Waals surface area contributed by atoms with Crippen LogP contribution in [0.5, 0.6) is 0 Å². The summed E-state index contributed by atoms with van der Waals surface area (Å²) in [7, 11) is 0. The monoisotopic (exact) mass is 404 g/mol. The van der Waals surface area contributed by atoms with E-state index >= 15 is 0 Å². The van der Waals surface area contributed by atoms with Crippen molar-refractivity contribution in [1.82, 2.24) is 15.5 Å². The molecule has 1 aliphatic rings. The summed E-state index contributed by atoms with van der Waals surface area (Å²) in [6.07, 6.45) is 1.81. The topological polar surface area (TPSA) is 73.9 Å². The number of hydrogen-bond donors (Lipinski definition) is 2. The number of anilines is 1. The number of unbranched alkanes of at least 4 members (excludes halogenated alkanes) is 1. The highest BCUT2D eigenvalue weighted by molar-refractivity contribution is 5.76. The van der Waals surface area contributed by atoms with Gasteiger partial charge in [0, 0.05) is 51.4 Å². The Morgan fingerprint density at radius 1 is 0.966 bits per heavy atom. The number of amides is 2. The van der Waals surface area contributed by atoms with Gasteiger partial charge in [-0.05, 0) is 52.3 Å². The van der Waals surface area contributed by atoms with E-state index in [1.165, 1.54) is 5.69 Å². The first-order valence-electron chi connectivity index (χ1n) is 10.6. The van der Waals surface area contributed by atoms with Crippen LogP contribution in [0.4, 0.5) is 10.5 Å². The predicted molar refractivity (Wildman–Crippen MR) is 116 cm³/mol. The van der Waals surface area contributed by atoms with Crippen molar-refractivity contribution in [3.05, 3.63) is 30.3 Å². The number of nitrogens with one attached hydrogen (secondary N) is 2. The first kappa shape index (κ1) is 23.0. The Kier molecular flexibility index (Phi) is 9.25. The molecule has 1 aliphatic heterocycles. The maximum Gasteiger partial charge on any atom is 0.407 e. The van der Waals surface area contributed by atoms with Gasteiger partial charge in [0.2, 0.25) is 5.91 Å². The number of piperazine rings is 1. The second kappa shape index (κ2) is 11.7. The summed E-state index contributed by atoms with van der Waals surface area (Å²) in [5.74, 6) is -0.0439. The molecular formula is C22H36N4O3. The summed E-state index contributed by atoms with van der Waals surface area (Å²) in [5, 5.41) is 5.51. The lowest BCUT2D eigenvalue weighted by molar-refractivity contribution is -0.120. The first-order chi connectivity index (χ1) is 13.8. The third kappa shape index (κ3) is 9.65. The van der Waals surface area contributed by atoms with E-state index in [0.717, 1.165) is 45.6 Å². The standard InChI is InChI=1S/C22H36N4O3/c1-22(2,3)29-21(28)24-13-11-20(27)23-12-7-8-14-25-15-17-26(18-16-25)19-9-5-4-6-10-19/h4-6,9-10H,7-8,11-18H2,1-3H3,(H,23,27)(H,24,28). The summed E-state index contributed by atoms with van der Waals surface area (Å²) in [6.45, 7) is 11.7. The zero-order chi connectivity index (χ0) is 21.1. The minimum Gasteiger partial charge on any atom is -0.444 e. The van der Waals surface area contributed by atoms with Crippen LogP contribution in [0.15, 0.2) is 30.3 Å². The molecule has 1 aromatic rings. The molecule has 7 heteroatoms. The predicted octanol–water partition coefficient (Wildman–Crippen LogP) is 2.62. The summed E-state index contributed by atoms with van der Waals surface area (Å²) < 4.78 is 5.13. The fourth-order valence-electron chi connectivity index (χ4n) is 3.24. The molecule has 0 aromatic heterocycles. The maximum atomic E-state index is 11.8. The Labute approximate surface area is 174 Å². The van der Waals surface area contributed by atoms with Crippen molar-refractivity contribution < 1.29 is 14.3 Å². The number of carbonyl (C=O) groups excluding carboxylic acids is 2. The van der Waals surface area contributed by atoms with E-state index in [-0.39, 0.29) is 18.9 Å². The first-order valence-corrected chi connectivity index (χ1v) is 10.6. The van der Waals surface area contributed by atoms with Crippen molar-refractivity contribution in [2.45, 2.75) is 45.6 Å². The Morgan fingerprint density at radius 2 is 1.66 bits per heavy atom. The van der Waals surface area contributed by atoms with Gasteiger partial charge in [-0.3, -0.25) is 9.69 Å². The van der Waals surface area contributed by atoms with Gasteiger partial charge in [-0.15, -0.1) is 0 Å². The molecule has 1 heterocycles. The average molecular weight is 405 g/mol. The maximum absolute atomic E-state index is 11.8. The van der Waals surface area contributed by atoms with Gasteiger partial charge in [-0.25, -0.2) is 4.79 Å². The SMILES string of the molecule is CC(C)(C)OC(=O)NCCC(=O)NCCCCN1CCN(c2ccccc2)CC1. The Bertz CT molecular complexity index is 623. The zero-order valence-electron chi connectivity index (χ0n) is 18.1. The molecule has 0 atom stereocenters. The Hall–Kier alpha value is -2.28. The van der Waals surface area contributed by atoms with Gasteiger partial charge < -0.3 is 20.3 Å². The van der Waals surface area contributed by atoms with Crippen LogP contribution in [0.2, 0.25) is 0 Å². The number of carbonyl (C=O) groups is 2. The highest BCUT2D eigenvalue weighted by Crippen LogP contribution is 2.15. The van der Waals surface area contributed by atoms with E-state index < -0.39 is 11.7 Å². The van der Waals surface area contributed by atoms with Gasteiger partial charge in [0.1, 0.15) is 5.60 Å². The molecule has 1 fully saturated rings. The quantitative estimate of drug-likeness (QED) is 0.619. The minimum atomic E-state index is -0.527. The molecule has 0 saturated carbocycles. The van der Waals surface area contributed by atoms with Crippen molar-refractivity contribution in [2.75, 3.05) is 50.7 Å². The van der Waals surface area contributed by atoms with E-state index in [9.17, 15) is 9.59 Å². The molecule has 1 saturated heterocycles. The summed E-state index contributed by atoms with van der Waals surface area (Å²) in [6, 6.07) is 10.6. The highest BCUT2D eigenvalue weighted by atomic mass is 16.6. The van der Waals surface area contributed by atoms with Gasteiger partial charge in [0.05, 0.1) is 0 Å². The van der Waals surface area contributed by atoms with Crippen LogP contribution in [0, 0.1) is 0 Å². The molecule has 2 N–H and O–H groups in total. The molecule has 2 amide bonds. The number of rotatable bonds is 9. The minimum absolute atomic E-state index is 0.0439. The second-order valence-electron chi connectivity index (χ2n) is 8.40. The van der Waals surface area contributed by atoms with Crippen molar-refractivity contribution in [2.24, 2.45) is 0 Å². The third-order valence-electron chi connectivity index (χ3n) is 4.74. The lowest BCUT2D eigenvalue weighted by Gasteiger charge is -2.36. The highest BCUT2D eigenvalue weighted by Gasteiger charge is 2.17. The third-order valence-corrected chi connectivity index (χ3v) is 4.74. The van der Waals surface area contributed by atoms with Crippen LogP contribution in [0.3, 0.4) is 0 Å². The fourth-order valence-corrected chi connectivity index (χ4v) is 3.24. The van der Waals surface area contributed by atoms with E-state index in [1.54, 1.807) is 0 Å². The molecule has 0 radical (unpaired) electrons. The second-order valence-corrected chi connectivity index (χ2v) is 8.40. The number of para-hydroxylation sites is 1. The normalized spacial score (nSPS) is 15.1. The number of nitrogens with zero attached hydrogens (tertiary/aromatic N) is 2. The molecule has 7 nitrogen and oxygen atoms in total. The summed E-state index contributed by atoms with van der Waals surface area (Å²) in [5.41, 5.74) is 0.775. The summed E-state index contributed by atoms with van der Waals surface area (Å²) >= 11 is 0. The van der Waals surface area contributed by atoms with Crippen LogP contribution in [0.1, 0.15) is 40.0 Å². The molecule has 1 aromatic carbocycles. The molecule has 2 rings (SSSR count). The Morgan fingerprint density at radius 3 is 2.31 bits per heavy atom. The van der Waals surface area contributed by atoms with Crippen LogP contribution in [0.25, 0.3) is 0 Å². The van der Waals surface area contributed by atoms with Gasteiger partial charge >= 0.3 is 6.09 Å². The van der Waals surface area contributed by atoms with E-state index in [2.05, 4.69) is 50.8 Å². The molecule has 0 aliphatic carbocycles. The lowest BCUT2D eigenvalue weighted by Crippen LogP contribution is -2.46. The summed E-state index contributed by atoms with van der Waals surface area (Å²) in [4.78, 5) is 28.3. The van der Waals surface area contributed by atoms with Crippen LogP contribution in [-0.2, 0) is 9.53 Å². The molecule has 162 valence electrons. The van der Waals surface area contributed by atoms with Crippen molar-refractivity contribution in [3.63, 3.8) is 0 Å². The number of alkyl carbamates (subject to hydrolysis) is 1. The van der Waals surface area contributed by atoms with E-state index in [1.807, 2.05) is 20.8 Å². The Balaban J connectivity index is 1.47. The number of hydrogen-bond acceptors (Lipinski definition) is 5. The zero-order valence-corrected chi connectivity index (χ0v) is 18.1. The van der Waals surface area contributed by atoms with Crippen LogP contribution < -0.4 is 15.5 Å². The molecule has 0 bridgehead atoms. The van der Waals surface area contributed by atoms with Gasteiger partial charge in [-0.1, -0.05) is 18.2 Å². The van der Waals surface area contributed by atoms with Crippen LogP contribution >= 0.6 is 0 Å². The average Bonchev–Trinajstić information content (AvgIpc) is 2.67. The molecule has 29 heavy (non-hydrogen) atoms. The van der Waals surface area contributed by atoms with Gasteiger partial charge in [-0.2, -0.15) is 0 Å². The molecule has 0 spiro atoms. The molecular weight excluding hydrogens is 368 g/mol. The van der Waals surface area contributed by atoms with E-state index in [0.29, 0.717) is 6.54 Å². The molecule has 0 unspecified atom stereocenters. The number of benzene rings is 1. The fraction of sp³-hybridized carbons (Fsp3) is 0.636. The van der Waals surface area contributed by atoms with Crippen LogP contribution in [-0.4, -0.2) is 68.3 Å². The number of ether oxygens (including phenoxy) is 1. The van der Waals surface area contributed by atoms with E-state index in [4.69, 9.17) is 4.74 Å². The largest absolute Gasteiger partial charge is 0.444 e. The van der Waals surface area contributed by atoms with Gasteiger partial charge in [0.25, 0.3) is 0 Å². The smallest absolute Gasteiger partial charge is 0.407 e. The van der Waals surface area contributed by atoms with Crippen molar-refractivity contribution in [1.29, 1.82) is 0 Å². The van der Waals surface area contributed by atoms with Crippen molar-refractivity contribution >= 4 is 17.7 Å². The van der Waals surface area contributed by atoms with Crippen molar-refractivity contribution in [3.8, 4) is 0 Å². The van der Waals surface area contributed by atoms with Gasteiger partial charge in [0.15, 0.2) is 0 Å². The lowest BCUT2D eigenvalue weighted by atomic mass is 10.2.